The van der Waals surface area contributed by atoms with Crippen LogP contribution in [0.5, 0.6) is 5.75 Å². The van der Waals surface area contributed by atoms with E-state index >= 15 is 0 Å². The molecule has 0 radical (unpaired) electrons. The van der Waals surface area contributed by atoms with Crippen LogP contribution in [0.15, 0.2) is 57.7 Å². The van der Waals surface area contributed by atoms with Gasteiger partial charge in [0.2, 0.25) is 0 Å². The average molecular weight is 377 g/mol. The van der Waals surface area contributed by atoms with Crippen molar-refractivity contribution in [2.75, 3.05) is 7.11 Å². The summed E-state index contributed by atoms with van der Waals surface area (Å²) in [6.07, 6.45) is -4.46. The van der Waals surface area contributed by atoms with Crippen LogP contribution >= 0.6 is 0 Å². The highest BCUT2D eigenvalue weighted by Crippen LogP contribution is 2.29. The lowest BCUT2D eigenvalue weighted by molar-refractivity contribution is -0.137. The molecule has 0 spiro atoms. The van der Waals surface area contributed by atoms with Crippen LogP contribution in [0.25, 0.3) is 11.0 Å². The molecule has 0 fully saturated rings. The Morgan fingerprint density at radius 2 is 1.93 bits per heavy atom. The monoisotopic (exact) mass is 377 g/mol. The van der Waals surface area contributed by atoms with Crippen molar-refractivity contribution in [1.29, 1.82) is 0 Å². The fourth-order valence-corrected chi connectivity index (χ4v) is 2.59. The zero-order chi connectivity index (χ0) is 19.6. The highest BCUT2D eigenvalue weighted by Gasteiger charge is 2.30. The molecule has 0 saturated carbocycles. The van der Waals surface area contributed by atoms with Crippen molar-refractivity contribution in [2.24, 2.45) is 0 Å². The third-order valence-electron chi connectivity index (χ3n) is 3.90. The lowest BCUT2D eigenvalue weighted by Gasteiger charge is -2.10. The number of ether oxygens (including phenoxy) is 1. The highest BCUT2D eigenvalue weighted by atomic mass is 19.4. The summed E-state index contributed by atoms with van der Waals surface area (Å²) >= 11 is 0. The number of hydrogen-bond donors (Lipinski definition) is 1. The number of alkyl halides is 3. The molecule has 0 bridgehead atoms. The average Bonchev–Trinajstić information content (AvgIpc) is 2.64. The Labute approximate surface area is 151 Å². The first-order valence-corrected chi connectivity index (χ1v) is 7.84. The second-order valence-corrected chi connectivity index (χ2v) is 5.72. The van der Waals surface area contributed by atoms with E-state index < -0.39 is 23.3 Å². The van der Waals surface area contributed by atoms with Gasteiger partial charge < -0.3 is 14.5 Å². The van der Waals surface area contributed by atoms with Crippen molar-refractivity contribution in [3.63, 3.8) is 0 Å². The third-order valence-corrected chi connectivity index (χ3v) is 3.90. The van der Waals surface area contributed by atoms with Crippen molar-refractivity contribution in [2.45, 2.75) is 12.7 Å². The minimum Gasteiger partial charge on any atom is -0.497 e. The van der Waals surface area contributed by atoms with Crippen LogP contribution in [0.2, 0.25) is 0 Å². The summed E-state index contributed by atoms with van der Waals surface area (Å²) in [6, 6.07) is 10.3. The van der Waals surface area contributed by atoms with Gasteiger partial charge in [0.25, 0.3) is 5.91 Å². The summed E-state index contributed by atoms with van der Waals surface area (Å²) in [6.45, 7) is -0.124. The Morgan fingerprint density at radius 1 is 1.15 bits per heavy atom. The van der Waals surface area contributed by atoms with Crippen LogP contribution in [0.4, 0.5) is 13.2 Å². The van der Waals surface area contributed by atoms with Gasteiger partial charge in [-0.3, -0.25) is 4.79 Å². The van der Waals surface area contributed by atoms with E-state index in [2.05, 4.69) is 5.32 Å². The molecule has 0 aliphatic rings. The van der Waals surface area contributed by atoms with Crippen molar-refractivity contribution < 1.29 is 27.1 Å². The molecule has 5 nitrogen and oxygen atoms in total. The zero-order valence-electron chi connectivity index (χ0n) is 14.1. The molecule has 2 aromatic carbocycles. The predicted octanol–water partition coefficient (Wildman–Crippen LogP) is 3.75. The van der Waals surface area contributed by atoms with Crippen LogP contribution in [0, 0.1) is 0 Å². The molecule has 0 aliphatic heterocycles. The molecule has 0 atom stereocenters. The predicted molar refractivity (Wildman–Crippen MR) is 91.7 cm³/mol. The van der Waals surface area contributed by atoms with Crippen molar-refractivity contribution in [1.82, 2.24) is 5.32 Å². The van der Waals surface area contributed by atoms with Gasteiger partial charge in [-0.1, -0.05) is 12.1 Å². The number of rotatable bonds is 4. The Bertz CT molecular complexity index is 1060. The minimum absolute atomic E-state index is 0.0656. The first-order valence-electron chi connectivity index (χ1n) is 7.84. The number of halogens is 3. The molecule has 0 saturated heterocycles. The number of carbonyl (C=O) groups excluding carboxylic acids is 1. The van der Waals surface area contributed by atoms with Gasteiger partial charge in [-0.15, -0.1) is 0 Å². The van der Waals surface area contributed by atoms with E-state index in [1.54, 1.807) is 12.1 Å². The van der Waals surface area contributed by atoms with Crippen LogP contribution in [-0.2, 0) is 12.7 Å². The van der Waals surface area contributed by atoms with Crippen LogP contribution in [-0.4, -0.2) is 13.0 Å². The maximum Gasteiger partial charge on any atom is 0.416 e. The van der Waals surface area contributed by atoms with Gasteiger partial charge in [-0.2, -0.15) is 13.2 Å². The van der Waals surface area contributed by atoms with E-state index in [9.17, 15) is 22.8 Å². The second kappa shape index (κ2) is 7.14. The molecule has 8 heteroatoms. The Morgan fingerprint density at radius 3 is 2.63 bits per heavy atom. The van der Waals surface area contributed by atoms with Crippen molar-refractivity contribution in [3.05, 3.63) is 75.6 Å². The number of amides is 1. The molecule has 27 heavy (non-hydrogen) atoms. The van der Waals surface area contributed by atoms with Gasteiger partial charge in [-0.25, -0.2) is 4.79 Å². The number of fused-ring (bicyclic) bond motifs is 1. The normalized spacial score (nSPS) is 11.4. The van der Waals surface area contributed by atoms with Gasteiger partial charge in [-0.05, 0) is 29.8 Å². The van der Waals surface area contributed by atoms with E-state index in [0.29, 0.717) is 11.1 Å². The molecule has 0 aliphatic carbocycles. The standard InChI is InChI=1S/C19H14F3NO4/c1-26-13-5-6-14-15(9-17(24)27-16(14)8-13)18(25)23-10-11-3-2-4-12(7-11)19(20,21)22/h2-9H,10H2,1H3,(H,23,25). The highest BCUT2D eigenvalue weighted by molar-refractivity contribution is 6.05. The Balaban J connectivity index is 1.86. The number of methoxy groups -OCH3 is 1. The topological polar surface area (TPSA) is 68.5 Å². The van der Waals surface area contributed by atoms with E-state index in [1.165, 1.54) is 25.3 Å². The summed E-state index contributed by atoms with van der Waals surface area (Å²) in [5.74, 6) is -0.150. The summed E-state index contributed by atoms with van der Waals surface area (Å²) in [5, 5.41) is 2.91. The summed E-state index contributed by atoms with van der Waals surface area (Å²) < 4.78 is 48.4. The first kappa shape index (κ1) is 18.5. The van der Waals surface area contributed by atoms with E-state index in [-0.39, 0.29) is 23.3 Å². The minimum atomic E-state index is -4.46. The third kappa shape index (κ3) is 4.11. The lowest BCUT2D eigenvalue weighted by Crippen LogP contribution is -2.24. The second-order valence-electron chi connectivity index (χ2n) is 5.72. The van der Waals surface area contributed by atoms with Gasteiger partial charge in [0.1, 0.15) is 11.3 Å². The largest absolute Gasteiger partial charge is 0.497 e. The van der Waals surface area contributed by atoms with Crippen molar-refractivity contribution in [3.8, 4) is 5.75 Å². The zero-order valence-corrected chi connectivity index (χ0v) is 14.1. The van der Waals surface area contributed by atoms with Crippen molar-refractivity contribution >= 4 is 16.9 Å². The number of carbonyl (C=O) groups is 1. The van der Waals surface area contributed by atoms with Crippen LogP contribution < -0.4 is 15.7 Å². The first-order chi connectivity index (χ1) is 12.8. The molecule has 140 valence electrons. The smallest absolute Gasteiger partial charge is 0.416 e. The molecule has 3 rings (SSSR count). The van der Waals surface area contributed by atoms with E-state index in [4.69, 9.17) is 9.15 Å². The van der Waals surface area contributed by atoms with Gasteiger partial charge in [0.05, 0.1) is 18.2 Å². The molecule has 0 unspecified atom stereocenters. The molecule has 3 aromatic rings. The van der Waals surface area contributed by atoms with Gasteiger partial charge >= 0.3 is 11.8 Å². The van der Waals surface area contributed by atoms with Crippen LogP contribution in [0.1, 0.15) is 21.5 Å². The molecule has 1 aromatic heterocycles. The maximum atomic E-state index is 12.8. The van der Waals surface area contributed by atoms with E-state index in [0.717, 1.165) is 18.2 Å². The van der Waals surface area contributed by atoms with Gasteiger partial charge in [0, 0.05) is 24.1 Å². The summed E-state index contributed by atoms with van der Waals surface area (Å²) in [5.41, 5.74) is -0.999. The summed E-state index contributed by atoms with van der Waals surface area (Å²) in [4.78, 5) is 24.2. The van der Waals surface area contributed by atoms with Gasteiger partial charge in [0.15, 0.2) is 0 Å². The Kier molecular flexibility index (Phi) is 4.89. The fourth-order valence-electron chi connectivity index (χ4n) is 2.59. The van der Waals surface area contributed by atoms with Crippen LogP contribution in [0.3, 0.4) is 0 Å². The number of nitrogens with one attached hydrogen (secondary N) is 1. The van der Waals surface area contributed by atoms with E-state index in [1.807, 2.05) is 0 Å². The SMILES string of the molecule is COc1ccc2c(C(=O)NCc3cccc(C(F)(F)F)c3)cc(=O)oc2c1. The lowest BCUT2D eigenvalue weighted by atomic mass is 10.1. The Hall–Kier alpha value is -3.29. The molecule has 1 amide bonds. The maximum absolute atomic E-state index is 12.8. The molecule has 1 N–H and O–H groups in total. The fraction of sp³-hybridized carbons (Fsp3) is 0.158. The molecular weight excluding hydrogens is 363 g/mol. The number of hydrogen-bond acceptors (Lipinski definition) is 4. The quantitative estimate of drug-likeness (QED) is 0.703. The molecular formula is C19H14F3NO4. The molecule has 1 heterocycles. The summed E-state index contributed by atoms with van der Waals surface area (Å²) in [7, 11) is 1.45. The number of benzene rings is 2.